The Balaban J connectivity index is 1.56. The average molecular weight is 441 g/mol. The summed E-state index contributed by atoms with van der Waals surface area (Å²) in [5, 5.41) is 10.9. The molecule has 2 nitrogen and oxygen atoms in total. The second-order valence-corrected chi connectivity index (χ2v) is 14.4. The molecule has 0 aromatic rings. The summed E-state index contributed by atoms with van der Waals surface area (Å²) in [5.74, 6) is 3.03. The second kappa shape index (κ2) is 6.96. The van der Waals surface area contributed by atoms with Gasteiger partial charge in [-0.15, -0.1) is 0 Å². The minimum atomic E-state index is -0.158. The Labute approximate surface area is 197 Å². The third-order valence-electron chi connectivity index (χ3n) is 13.3. The standard InChI is InChI=1S/C30H48O2/c1-19(2)20-10-15-30(18-31)17-16-28(6)21(25(20)30)8-9-23-27(5)13-12-24(32)26(3,4)22(27)11-14-29(23,28)7/h18,20-25,32H,1,8-17H2,2-7H3/t20?,21-,22?,23?,24+,25?,27+,28-,29-,30-/m1/s1. The normalized spacial score (nSPS) is 56.3. The zero-order valence-corrected chi connectivity index (χ0v) is 21.7. The molecule has 0 amide bonds. The molecule has 0 aromatic carbocycles. The number of aliphatic hydroxyl groups is 1. The average Bonchev–Trinajstić information content (AvgIpc) is 3.12. The molecule has 5 fully saturated rings. The number of aldehydes is 1. The Bertz CT molecular complexity index is 814. The van der Waals surface area contributed by atoms with Crippen LogP contribution in [0.5, 0.6) is 0 Å². The van der Waals surface area contributed by atoms with Gasteiger partial charge in [0.2, 0.25) is 0 Å². The summed E-state index contributed by atoms with van der Waals surface area (Å²) in [6.07, 6.45) is 13.1. The summed E-state index contributed by atoms with van der Waals surface area (Å²) >= 11 is 0. The van der Waals surface area contributed by atoms with E-state index in [1.165, 1.54) is 50.4 Å². The van der Waals surface area contributed by atoms with Gasteiger partial charge in [0.15, 0.2) is 0 Å². The number of aliphatic hydroxyl groups excluding tert-OH is 1. The van der Waals surface area contributed by atoms with Gasteiger partial charge in [0, 0.05) is 5.41 Å². The maximum atomic E-state index is 12.6. The van der Waals surface area contributed by atoms with E-state index >= 15 is 0 Å². The number of allylic oxidation sites excluding steroid dienone is 1. The van der Waals surface area contributed by atoms with E-state index in [1.807, 2.05) is 0 Å². The van der Waals surface area contributed by atoms with Crippen LogP contribution in [0.4, 0.5) is 0 Å². The molecule has 5 aliphatic carbocycles. The third kappa shape index (κ3) is 2.60. The van der Waals surface area contributed by atoms with Crippen molar-refractivity contribution in [2.24, 2.45) is 56.7 Å². The van der Waals surface area contributed by atoms with Gasteiger partial charge in [-0.05, 0) is 122 Å². The van der Waals surface area contributed by atoms with Crippen molar-refractivity contribution in [1.29, 1.82) is 0 Å². The molecule has 2 heteroatoms. The van der Waals surface area contributed by atoms with E-state index in [9.17, 15) is 9.90 Å². The summed E-state index contributed by atoms with van der Waals surface area (Å²) < 4.78 is 0. The van der Waals surface area contributed by atoms with Crippen LogP contribution in [0.25, 0.3) is 0 Å². The number of hydrogen-bond donors (Lipinski definition) is 1. The van der Waals surface area contributed by atoms with Crippen LogP contribution in [0.1, 0.15) is 106 Å². The number of carbonyl (C=O) groups excluding carboxylic acids is 1. The fourth-order valence-corrected chi connectivity index (χ4v) is 11.4. The molecule has 0 saturated heterocycles. The SMILES string of the molecule is C=C(C)C1CC[C@]2(C=O)CC[C@]3(C)[C@H](CCC4[C@@]5(C)CC[C@H](O)C(C)(C)C5CC[C@]43C)C12. The minimum absolute atomic E-state index is 0.0157. The number of carbonyl (C=O) groups is 1. The largest absolute Gasteiger partial charge is 0.393 e. The molecule has 0 aromatic heterocycles. The van der Waals surface area contributed by atoms with E-state index in [4.69, 9.17) is 0 Å². The van der Waals surface area contributed by atoms with E-state index in [2.05, 4.69) is 48.1 Å². The van der Waals surface area contributed by atoms with Gasteiger partial charge >= 0.3 is 0 Å². The molecule has 180 valence electrons. The molecular formula is C30H48O2. The fourth-order valence-electron chi connectivity index (χ4n) is 11.4. The Morgan fingerprint density at radius 2 is 1.56 bits per heavy atom. The van der Waals surface area contributed by atoms with Crippen molar-refractivity contribution >= 4 is 6.29 Å². The summed E-state index contributed by atoms with van der Waals surface area (Å²) in [4.78, 5) is 12.6. The fraction of sp³-hybridized carbons (Fsp3) is 0.900. The van der Waals surface area contributed by atoms with E-state index in [-0.39, 0.29) is 16.9 Å². The van der Waals surface area contributed by atoms with Gasteiger partial charge in [-0.1, -0.05) is 46.8 Å². The number of fused-ring (bicyclic) bond motifs is 7. The molecule has 0 spiro atoms. The van der Waals surface area contributed by atoms with Crippen molar-refractivity contribution in [3.63, 3.8) is 0 Å². The number of hydrogen-bond acceptors (Lipinski definition) is 2. The summed E-state index contributed by atoms with van der Waals surface area (Å²) in [7, 11) is 0. The Morgan fingerprint density at radius 3 is 2.22 bits per heavy atom. The van der Waals surface area contributed by atoms with Crippen LogP contribution in [0, 0.1) is 56.7 Å². The Morgan fingerprint density at radius 1 is 0.844 bits per heavy atom. The van der Waals surface area contributed by atoms with Crippen molar-refractivity contribution in [2.45, 2.75) is 112 Å². The van der Waals surface area contributed by atoms with Gasteiger partial charge in [-0.2, -0.15) is 0 Å². The van der Waals surface area contributed by atoms with Crippen LogP contribution in [0.3, 0.4) is 0 Å². The summed E-state index contributed by atoms with van der Waals surface area (Å²) in [5.41, 5.74) is 2.20. The lowest BCUT2D eigenvalue weighted by molar-refractivity contribution is -0.245. The predicted octanol–water partition coefficient (Wildman–Crippen LogP) is 7.20. The molecule has 1 N–H and O–H groups in total. The molecular weight excluding hydrogens is 392 g/mol. The molecule has 0 aliphatic heterocycles. The first-order valence-electron chi connectivity index (χ1n) is 13.7. The molecule has 0 bridgehead atoms. The zero-order chi connectivity index (χ0) is 23.3. The zero-order valence-electron chi connectivity index (χ0n) is 21.7. The first-order chi connectivity index (χ1) is 14.9. The van der Waals surface area contributed by atoms with Crippen molar-refractivity contribution in [3.05, 3.63) is 12.2 Å². The Hall–Kier alpha value is -0.630. The van der Waals surface area contributed by atoms with E-state index < -0.39 is 0 Å². The molecule has 0 radical (unpaired) electrons. The lowest BCUT2D eigenvalue weighted by Crippen LogP contribution is -2.66. The first-order valence-corrected chi connectivity index (χ1v) is 13.7. The topological polar surface area (TPSA) is 37.3 Å². The van der Waals surface area contributed by atoms with Crippen LogP contribution >= 0.6 is 0 Å². The van der Waals surface area contributed by atoms with Crippen molar-refractivity contribution < 1.29 is 9.90 Å². The predicted molar refractivity (Wildman–Crippen MR) is 131 cm³/mol. The molecule has 5 rings (SSSR count). The van der Waals surface area contributed by atoms with Crippen LogP contribution in [0.15, 0.2) is 12.2 Å². The molecule has 10 atom stereocenters. The highest BCUT2D eigenvalue weighted by molar-refractivity contribution is 5.62. The van der Waals surface area contributed by atoms with Crippen LogP contribution in [-0.4, -0.2) is 17.5 Å². The lowest BCUT2D eigenvalue weighted by Gasteiger charge is -2.72. The second-order valence-electron chi connectivity index (χ2n) is 14.4. The van der Waals surface area contributed by atoms with Crippen LogP contribution < -0.4 is 0 Å². The van der Waals surface area contributed by atoms with Gasteiger partial charge in [-0.3, -0.25) is 0 Å². The highest BCUT2D eigenvalue weighted by Gasteiger charge is 2.70. The van der Waals surface area contributed by atoms with Crippen molar-refractivity contribution in [2.75, 3.05) is 0 Å². The van der Waals surface area contributed by atoms with Gasteiger partial charge in [0.25, 0.3) is 0 Å². The van der Waals surface area contributed by atoms with Gasteiger partial charge < -0.3 is 9.90 Å². The lowest BCUT2D eigenvalue weighted by atomic mass is 9.32. The smallest absolute Gasteiger partial charge is 0.126 e. The van der Waals surface area contributed by atoms with E-state index in [0.717, 1.165) is 31.6 Å². The van der Waals surface area contributed by atoms with E-state index in [1.54, 1.807) is 0 Å². The van der Waals surface area contributed by atoms with Crippen LogP contribution in [0.2, 0.25) is 0 Å². The summed E-state index contributed by atoms with van der Waals surface area (Å²) in [6.45, 7) is 19.2. The highest BCUT2D eigenvalue weighted by atomic mass is 16.3. The summed E-state index contributed by atoms with van der Waals surface area (Å²) in [6, 6.07) is 0. The molecule has 4 unspecified atom stereocenters. The Kier molecular flexibility index (Phi) is 5.03. The highest BCUT2D eigenvalue weighted by Crippen LogP contribution is 2.77. The molecule has 32 heavy (non-hydrogen) atoms. The van der Waals surface area contributed by atoms with Crippen molar-refractivity contribution in [1.82, 2.24) is 0 Å². The van der Waals surface area contributed by atoms with Gasteiger partial charge in [-0.25, -0.2) is 0 Å². The molecule has 0 heterocycles. The first kappa shape index (κ1) is 23.1. The van der Waals surface area contributed by atoms with Gasteiger partial charge in [0.05, 0.1) is 6.10 Å². The maximum Gasteiger partial charge on any atom is 0.126 e. The van der Waals surface area contributed by atoms with Crippen molar-refractivity contribution in [3.8, 4) is 0 Å². The van der Waals surface area contributed by atoms with E-state index in [0.29, 0.717) is 39.9 Å². The quantitative estimate of drug-likeness (QED) is 0.364. The third-order valence-corrected chi connectivity index (χ3v) is 13.3. The number of rotatable bonds is 2. The maximum absolute atomic E-state index is 12.6. The monoisotopic (exact) mass is 440 g/mol. The van der Waals surface area contributed by atoms with Crippen LogP contribution in [-0.2, 0) is 4.79 Å². The molecule has 5 saturated carbocycles. The molecule has 5 aliphatic rings. The van der Waals surface area contributed by atoms with Gasteiger partial charge in [0.1, 0.15) is 6.29 Å². The minimum Gasteiger partial charge on any atom is -0.393 e.